The molecule has 0 atom stereocenters. The molecule has 0 aliphatic carbocycles. The van der Waals surface area contributed by atoms with Gasteiger partial charge < -0.3 is 10.6 Å². The molecule has 0 aliphatic rings. The normalized spacial score (nSPS) is 11.1. The molecule has 0 saturated heterocycles. The van der Waals surface area contributed by atoms with E-state index >= 15 is 0 Å². The summed E-state index contributed by atoms with van der Waals surface area (Å²) >= 11 is 0. The zero-order chi connectivity index (χ0) is 31.1. The van der Waals surface area contributed by atoms with Crippen molar-refractivity contribution in [1.82, 2.24) is 0 Å². The number of amides is 2. The molecule has 0 aliphatic heterocycles. The molecular formula is C40H36N2O2. The number of anilines is 2. The number of aryl methyl sites for hydroxylation is 6. The summed E-state index contributed by atoms with van der Waals surface area (Å²) < 4.78 is 0. The Bertz CT molecular complexity index is 1920. The molecule has 4 heteroatoms. The van der Waals surface area contributed by atoms with Gasteiger partial charge in [-0.15, -0.1) is 0 Å². The van der Waals surface area contributed by atoms with Crippen LogP contribution in [0, 0.1) is 41.5 Å². The summed E-state index contributed by atoms with van der Waals surface area (Å²) in [5, 5.41) is 10.6. The molecule has 0 fully saturated rings. The maximum absolute atomic E-state index is 13.9. The van der Waals surface area contributed by atoms with Crippen molar-refractivity contribution in [3.8, 4) is 11.1 Å². The standard InChI is InChI=1S/C40H36N2O2/c1-23-19-25(3)35(26(4)20-23)39(43)41-33-17-15-29-11-7-9-13-31(29)37(33)38-32-14-10-8-12-30(32)16-18-34(38)42-40(44)36-27(5)21-24(2)22-28(36)6/h7-22H,1-6H3,(H,41,43)(H,42,44). The van der Waals surface area contributed by atoms with Crippen LogP contribution >= 0.6 is 0 Å². The molecule has 0 saturated carbocycles. The van der Waals surface area contributed by atoms with Crippen LogP contribution in [0.5, 0.6) is 0 Å². The van der Waals surface area contributed by atoms with Gasteiger partial charge in [0.2, 0.25) is 0 Å². The van der Waals surface area contributed by atoms with Crippen molar-refractivity contribution in [2.45, 2.75) is 41.5 Å². The van der Waals surface area contributed by atoms with Crippen LogP contribution in [0.2, 0.25) is 0 Å². The monoisotopic (exact) mass is 576 g/mol. The first-order chi connectivity index (χ1) is 21.1. The molecule has 6 aromatic rings. The Hall–Kier alpha value is -5.22. The van der Waals surface area contributed by atoms with Crippen molar-refractivity contribution < 1.29 is 9.59 Å². The molecule has 218 valence electrons. The molecular weight excluding hydrogens is 540 g/mol. The fraction of sp³-hybridized carbons (Fsp3) is 0.150. The fourth-order valence-electron chi connectivity index (χ4n) is 6.74. The van der Waals surface area contributed by atoms with Crippen LogP contribution in [0.1, 0.15) is 54.1 Å². The van der Waals surface area contributed by atoms with Gasteiger partial charge in [0.1, 0.15) is 0 Å². The number of benzene rings is 6. The SMILES string of the molecule is Cc1cc(C)c(C(=O)Nc2ccc3ccccc3c2-c2c(NC(=O)c3c(C)cc(C)cc3C)ccc3ccccc23)c(C)c1. The second-order valence-corrected chi connectivity index (χ2v) is 11.9. The predicted molar refractivity (Wildman–Crippen MR) is 184 cm³/mol. The summed E-state index contributed by atoms with van der Waals surface area (Å²) in [5.74, 6) is -0.318. The summed E-state index contributed by atoms with van der Waals surface area (Å²) in [6.07, 6.45) is 0. The van der Waals surface area contributed by atoms with Gasteiger partial charge in [-0.05, 0) is 97.5 Å². The van der Waals surface area contributed by atoms with Gasteiger partial charge in [-0.1, -0.05) is 96.1 Å². The van der Waals surface area contributed by atoms with E-state index in [1.165, 1.54) is 0 Å². The molecule has 0 unspecified atom stereocenters. The molecule has 0 radical (unpaired) electrons. The Kier molecular flexibility index (Phi) is 7.52. The number of hydrogen-bond acceptors (Lipinski definition) is 2. The molecule has 2 amide bonds. The number of nitrogens with one attached hydrogen (secondary N) is 2. The van der Waals surface area contributed by atoms with Crippen molar-refractivity contribution in [3.63, 3.8) is 0 Å². The highest BCUT2D eigenvalue weighted by atomic mass is 16.2. The molecule has 2 N–H and O–H groups in total. The van der Waals surface area contributed by atoms with Gasteiger partial charge in [0, 0.05) is 33.6 Å². The van der Waals surface area contributed by atoms with Crippen molar-refractivity contribution in [1.29, 1.82) is 0 Å². The quantitative estimate of drug-likeness (QED) is 0.215. The fourth-order valence-corrected chi connectivity index (χ4v) is 6.74. The lowest BCUT2D eigenvalue weighted by atomic mass is 9.90. The average molecular weight is 577 g/mol. The summed E-state index contributed by atoms with van der Waals surface area (Å²) in [4.78, 5) is 27.8. The first-order valence-electron chi connectivity index (χ1n) is 14.9. The van der Waals surface area contributed by atoms with Crippen molar-refractivity contribution >= 4 is 44.7 Å². The van der Waals surface area contributed by atoms with Gasteiger partial charge >= 0.3 is 0 Å². The van der Waals surface area contributed by atoms with Gasteiger partial charge in [0.15, 0.2) is 0 Å². The minimum Gasteiger partial charge on any atom is -0.321 e. The average Bonchev–Trinajstić information content (AvgIpc) is 2.96. The smallest absolute Gasteiger partial charge is 0.256 e. The summed E-state index contributed by atoms with van der Waals surface area (Å²) in [6.45, 7) is 12.0. The van der Waals surface area contributed by atoms with Crippen LogP contribution in [0.25, 0.3) is 32.7 Å². The zero-order valence-corrected chi connectivity index (χ0v) is 26.1. The molecule has 0 bridgehead atoms. The maximum Gasteiger partial charge on any atom is 0.256 e. The molecule has 44 heavy (non-hydrogen) atoms. The molecule has 0 spiro atoms. The summed E-state index contributed by atoms with van der Waals surface area (Å²) in [7, 11) is 0. The van der Waals surface area contributed by atoms with E-state index in [1.54, 1.807) is 0 Å². The lowest BCUT2D eigenvalue weighted by Crippen LogP contribution is -2.17. The van der Waals surface area contributed by atoms with Crippen molar-refractivity contribution in [2.75, 3.05) is 10.6 Å². The van der Waals surface area contributed by atoms with Gasteiger partial charge in [-0.3, -0.25) is 9.59 Å². The van der Waals surface area contributed by atoms with Gasteiger partial charge in [-0.25, -0.2) is 0 Å². The third-order valence-electron chi connectivity index (χ3n) is 8.41. The first kappa shape index (κ1) is 28.9. The van der Waals surface area contributed by atoms with Crippen molar-refractivity contribution in [2.24, 2.45) is 0 Å². The first-order valence-corrected chi connectivity index (χ1v) is 14.9. The van der Waals surface area contributed by atoms with E-state index in [0.717, 1.165) is 66.1 Å². The van der Waals surface area contributed by atoms with E-state index in [2.05, 4.69) is 34.9 Å². The van der Waals surface area contributed by atoms with E-state index in [1.807, 2.05) is 114 Å². The lowest BCUT2D eigenvalue weighted by Gasteiger charge is -2.21. The lowest BCUT2D eigenvalue weighted by molar-refractivity contribution is 0.101. The summed E-state index contributed by atoms with van der Waals surface area (Å²) in [5.41, 5.74) is 10.4. The second-order valence-electron chi connectivity index (χ2n) is 11.9. The zero-order valence-electron chi connectivity index (χ0n) is 26.1. The highest BCUT2D eigenvalue weighted by Gasteiger charge is 2.22. The van der Waals surface area contributed by atoms with Gasteiger partial charge in [0.05, 0.1) is 0 Å². The van der Waals surface area contributed by atoms with E-state index in [9.17, 15) is 9.59 Å². The molecule has 0 heterocycles. The third-order valence-corrected chi connectivity index (χ3v) is 8.41. The highest BCUT2D eigenvalue weighted by molar-refractivity contribution is 6.19. The van der Waals surface area contributed by atoms with E-state index in [0.29, 0.717) is 22.5 Å². The Morgan fingerprint density at radius 3 is 1.16 bits per heavy atom. The van der Waals surface area contributed by atoms with Crippen molar-refractivity contribution in [3.05, 3.63) is 142 Å². The topological polar surface area (TPSA) is 58.2 Å². The van der Waals surface area contributed by atoms with Crippen LogP contribution in [0.15, 0.2) is 97.1 Å². The van der Waals surface area contributed by atoms with Crippen LogP contribution in [0.4, 0.5) is 11.4 Å². The molecule has 0 aromatic heterocycles. The predicted octanol–water partition coefficient (Wildman–Crippen LogP) is 10.0. The minimum absolute atomic E-state index is 0.159. The number of carbonyl (C=O) groups is 2. The third kappa shape index (κ3) is 5.24. The number of carbonyl (C=O) groups excluding carboxylic acids is 2. The van der Waals surface area contributed by atoms with Crippen LogP contribution < -0.4 is 10.6 Å². The number of rotatable bonds is 5. The van der Waals surface area contributed by atoms with E-state index < -0.39 is 0 Å². The van der Waals surface area contributed by atoms with Crippen LogP contribution in [0.3, 0.4) is 0 Å². The van der Waals surface area contributed by atoms with Crippen LogP contribution in [-0.4, -0.2) is 11.8 Å². The Morgan fingerprint density at radius 2 is 0.795 bits per heavy atom. The van der Waals surface area contributed by atoms with Crippen LogP contribution in [-0.2, 0) is 0 Å². The number of fused-ring (bicyclic) bond motifs is 2. The minimum atomic E-state index is -0.159. The molecule has 6 rings (SSSR count). The Morgan fingerprint density at radius 1 is 0.455 bits per heavy atom. The highest BCUT2D eigenvalue weighted by Crippen LogP contribution is 2.44. The summed E-state index contributed by atoms with van der Waals surface area (Å²) in [6, 6.07) is 32.5. The largest absolute Gasteiger partial charge is 0.321 e. The Balaban J connectivity index is 1.58. The second kappa shape index (κ2) is 11.5. The van der Waals surface area contributed by atoms with Gasteiger partial charge in [-0.2, -0.15) is 0 Å². The number of hydrogen-bond donors (Lipinski definition) is 2. The molecule has 4 nitrogen and oxygen atoms in total. The van der Waals surface area contributed by atoms with E-state index in [4.69, 9.17) is 0 Å². The maximum atomic E-state index is 13.9. The Labute approximate surface area is 258 Å². The molecule has 6 aromatic carbocycles. The van der Waals surface area contributed by atoms with Gasteiger partial charge in [0.25, 0.3) is 11.8 Å². The van der Waals surface area contributed by atoms with E-state index in [-0.39, 0.29) is 11.8 Å².